The largest absolute Gasteiger partial charge is 0.204 e. The summed E-state index contributed by atoms with van der Waals surface area (Å²) >= 11 is 3.20. The number of benzene rings is 1. The van der Waals surface area contributed by atoms with Crippen molar-refractivity contribution in [3.05, 3.63) is 32.8 Å². The molecule has 0 aliphatic heterocycles. The topological polar surface area (TPSA) is 25.8 Å². The van der Waals surface area contributed by atoms with Crippen LogP contribution in [0.1, 0.15) is 0 Å². The van der Waals surface area contributed by atoms with E-state index in [0.717, 1.165) is 6.07 Å². The molecule has 72 valence electrons. The van der Waals surface area contributed by atoms with Crippen molar-refractivity contribution in [1.82, 2.24) is 10.2 Å². The van der Waals surface area contributed by atoms with Crippen molar-refractivity contribution in [2.24, 2.45) is 0 Å². The predicted octanol–water partition coefficient (Wildman–Crippen LogP) is 3.09. The SMILES string of the molecule is Fc1cccc(-c2nnc(I)s2)c1F. The summed E-state index contributed by atoms with van der Waals surface area (Å²) < 4.78 is 26.8. The minimum atomic E-state index is -0.875. The Hall–Kier alpha value is -0.630. The van der Waals surface area contributed by atoms with Gasteiger partial charge >= 0.3 is 0 Å². The van der Waals surface area contributed by atoms with Crippen molar-refractivity contribution < 1.29 is 8.78 Å². The zero-order valence-corrected chi connectivity index (χ0v) is 9.64. The van der Waals surface area contributed by atoms with Gasteiger partial charge in [0, 0.05) is 0 Å². The number of halogens is 3. The summed E-state index contributed by atoms with van der Waals surface area (Å²) in [6.45, 7) is 0. The number of aromatic nitrogens is 2. The molecule has 0 radical (unpaired) electrons. The molecule has 0 spiro atoms. The highest BCUT2D eigenvalue weighted by molar-refractivity contribution is 14.1. The van der Waals surface area contributed by atoms with E-state index in [9.17, 15) is 8.78 Å². The fraction of sp³-hybridized carbons (Fsp3) is 0. The smallest absolute Gasteiger partial charge is 0.178 e. The summed E-state index contributed by atoms with van der Waals surface area (Å²) in [4.78, 5) is 0. The molecular formula is C8H3F2IN2S. The molecule has 1 aromatic heterocycles. The van der Waals surface area contributed by atoms with E-state index < -0.39 is 11.6 Å². The summed E-state index contributed by atoms with van der Waals surface area (Å²) in [5.74, 6) is -1.74. The number of nitrogens with zero attached hydrogens (tertiary/aromatic N) is 2. The van der Waals surface area contributed by atoms with E-state index in [0.29, 0.717) is 8.02 Å². The summed E-state index contributed by atoms with van der Waals surface area (Å²) in [5, 5.41) is 7.87. The fourth-order valence-electron chi connectivity index (χ4n) is 0.983. The normalized spacial score (nSPS) is 10.5. The lowest BCUT2D eigenvalue weighted by atomic mass is 10.2. The first-order valence-electron chi connectivity index (χ1n) is 3.62. The van der Waals surface area contributed by atoms with Crippen LogP contribution in [0.5, 0.6) is 0 Å². The maximum absolute atomic E-state index is 13.3. The van der Waals surface area contributed by atoms with Gasteiger partial charge in [0.1, 0.15) is 0 Å². The molecule has 0 fully saturated rings. The van der Waals surface area contributed by atoms with Crippen LogP contribution in [0, 0.1) is 14.6 Å². The summed E-state index contributed by atoms with van der Waals surface area (Å²) in [7, 11) is 0. The minimum absolute atomic E-state index is 0.158. The van der Waals surface area contributed by atoms with Crippen LogP contribution in [0.2, 0.25) is 0 Å². The van der Waals surface area contributed by atoms with Crippen LogP contribution in [0.4, 0.5) is 8.78 Å². The maximum atomic E-state index is 13.3. The molecule has 14 heavy (non-hydrogen) atoms. The fourth-order valence-corrected chi connectivity index (χ4v) is 2.31. The van der Waals surface area contributed by atoms with Gasteiger partial charge in [0.05, 0.1) is 5.56 Å². The molecule has 6 heteroatoms. The van der Waals surface area contributed by atoms with E-state index in [1.54, 1.807) is 0 Å². The van der Waals surface area contributed by atoms with Crippen LogP contribution in [0.3, 0.4) is 0 Å². The molecule has 0 bridgehead atoms. The Labute approximate surface area is 96.1 Å². The monoisotopic (exact) mass is 324 g/mol. The third-order valence-electron chi connectivity index (χ3n) is 1.58. The van der Waals surface area contributed by atoms with Gasteiger partial charge in [-0.15, -0.1) is 10.2 Å². The van der Waals surface area contributed by atoms with Crippen LogP contribution in [-0.4, -0.2) is 10.2 Å². The van der Waals surface area contributed by atoms with E-state index in [1.807, 2.05) is 22.6 Å². The summed E-state index contributed by atoms with van der Waals surface area (Å²) in [6.07, 6.45) is 0. The number of hydrogen-bond acceptors (Lipinski definition) is 3. The highest BCUT2D eigenvalue weighted by Gasteiger charge is 2.13. The van der Waals surface area contributed by atoms with Crippen molar-refractivity contribution in [3.63, 3.8) is 0 Å². The molecule has 0 saturated carbocycles. The minimum Gasteiger partial charge on any atom is -0.204 e. The third-order valence-corrected chi connectivity index (χ3v) is 3.20. The molecule has 1 aromatic carbocycles. The van der Waals surface area contributed by atoms with Gasteiger partial charge in [0.2, 0.25) is 0 Å². The highest BCUT2D eigenvalue weighted by atomic mass is 127. The lowest BCUT2D eigenvalue weighted by Gasteiger charge is -1.97. The molecule has 0 N–H and O–H groups in total. The van der Waals surface area contributed by atoms with E-state index in [2.05, 4.69) is 10.2 Å². The second-order valence-electron chi connectivity index (χ2n) is 2.46. The molecule has 0 saturated heterocycles. The lowest BCUT2D eigenvalue weighted by molar-refractivity contribution is 0.511. The van der Waals surface area contributed by atoms with Crippen LogP contribution in [0.15, 0.2) is 18.2 Å². The van der Waals surface area contributed by atoms with Gasteiger partial charge in [-0.2, -0.15) is 0 Å². The van der Waals surface area contributed by atoms with E-state index >= 15 is 0 Å². The molecule has 0 aliphatic carbocycles. The second kappa shape index (κ2) is 3.85. The van der Waals surface area contributed by atoms with Gasteiger partial charge in [0.25, 0.3) is 0 Å². The molecule has 2 nitrogen and oxygen atoms in total. The Kier molecular flexibility index (Phi) is 2.73. The Morgan fingerprint density at radius 3 is 2.64 bits per heavy atom. The zero-order chi connectivity index (χ0) is 10.1. The summed E-state index contributed by atoms with van der Waals surface area (Å²) in [5.41, 5.74) is 0.158. The quantitative estimate of drug-likeness (QED) is 0.754. The number of hydrogen-bond donors (Lipinski definition) is 0. The maximum Gasteiger partial charge on any atom is 0.178 e. The molecule has 2 aromatic rings. The lowest BCUT2D eigenvalue weighted by Crippen LogP contribution is -1.88. The molecule has 0 aliphatic rings. The Bertz CT molecular complexity index is 472. The standard InChI is InChI=1S/C8H3F2IN2S/c9-5-3-1-2-4(6(5)10)7-12-13-8(11)14-7/h1-3H. The van der Waals surface area contributed by atoms with Crippen molar-refractivity contribution in [3.8, 4) is 10.6 Å². The van der Waals surface area contributed by atoms with Crippen LogP contribution in [0.25, 0.3) is 10.6 Å². The third kappa shape index (κ3) is 1.76. The first kappa shape index (κ1) is 9.91. The van der Waals surface area contributed by atoms with Crippen molar-refractivity contribution >= 4 is 33.9 Å². The second-order valence-corrected chi connectivity index (χ2v) is 5.19. The number of rotatable bonds is 1. The molecule has 1 heterocycles. The van der Waals surface area contributed by atoms with Crippen molar-refractivity contribution in [2.45, 2.75) is 0 Å². The predicted molar refractivity (Wildman–Crippen MR) is 58.0 cm³/mol. The van der Waals surface area contributed by atoms with Crippen LogP contribution in [-0.2, 0) is 0 Å². The first-order chi connectivity index (χ1) is 6.68. The van der Waals surface area contributed by atoms with Gasteiger partial charge in [-0.25, -0.2) is 8.78 Å². The van der Waals surface area contributed by atoms with Gasteiger partial charge < -0.3 is 0 Å². The molecule has 2 rings (SSSR count). The molecule has 0 atom stereocenters. The van der Waals surface area contributed by atoms with Crippen LogP contribution < -0.4 is 0 Å². The van der Waals surface area contributed by atoms with Crippen molar-refractivity contribution in [2.75, 3.05) is 0 Å². The average Bonchev–Trinajstić information content (AvgIpc) is 2.57. The summed E-state index contributed by atoms with van der Waals surface area (Å²) in [6, 6.07) is 4.00. The molecular weight excluding hydrogens is 321 g/mol. The van der Waals surface area contributed by atoms with E-state index in [-0.39, 0.29) is 5.56 Å². The van der Waals surface area contributed by atoms with Gasteiger partial charge in [0.15, 0.2) is 19.7 Å². The Morgan fingerprint density at radius 1 is 1.21 bits per heavy atom. The van der Waals surface area contributed by atoms with E-state index in [4.69, 9.17) is 0 Å². The Balaban J connectivity index is 2.57. The average molecular weight is 324 g/mol. The highest BCUT2D eigenvalue weighted by Crippen LogP contribution is 2.27. The van der Waals surface area contributed by atoms with Crippen molar-refractivity contribution in [1.29, 1.82) is 0 Å². The molecule has 0 unspecified atom stereocenters. The zero-order valence-electron chi connectivity index (χ0n) is 6.67. The Morgan fingerprint density at radius 2 is 2.00 bits per heavy atom. The van der Waals surface area contributed by atoms with Gasteiger partial charge in [-0.1, -0.05) is 17.4 Å². The van der Waals surface area contributed by atoms with Gasteiger partial charge in [-0.05, 0) is 34.7 Å². The van der Waals surface area contributed by atoms with E-state index in [1.165, 1.54) is 23.5 Å². The van der Waals surface area contributed by atoms with Crippen LogP contribution >= 0.6 is 33.9 Å². The van der Waals surface area contributed by atoms with Gasteiger partial charge in [-0.3, -0.25) is 0 Å². The first-order valence-corrected chi connectivity index (χ1v) is 5.51. The molecule has 0 amide bonds.